The molecular weight excluding hydrogens is 266 g/mol. The highest BCUT2D eigenvalue weighted by Crippen LogP contribution is 2.39. The van der Waals surface area contributed by atoms with Gasteiger partial charge in [-0.25, -0.2) is 4.79 Å². The molecule has 4 heteroatoms. The van der Waals surface area contributed by atoms with Crippen molar-refractivity contribution in [1.29, 1.82) is 0 Å². The molecule has 0 spiro atoms. The van der Waals surface area contributed by atoms with Crippen LogP contribution in [0.5, 0.6) is 0 Å². The zero-order chi connectivity index (χ0) is 15.5. The summed E-state index contributed by atoms with van der Waals surface area (Å²) >= 11 is 0. The van der Waals surface area contributed by atoms with E-state index in [1.807, 2.05) is 36.3 Å². The van der Waals surface area contributed by atoms with Gasteiger partial charge in [0.2, 0.25) is 0 Å². The van der Waals surface area contributed by atoms with Gasteiger partial charge in [-0.1, -0.05) is 25.5 Å². The minimum absolute atomic E-state index is 0.0226. The lowest BCUT2D eigenvalue weighted by Gasteiger charge is -2.34. The lowest BCUT2D eigenvalue weighted by atomic mass is 9.92. The first-order valence-electron chi connectivity index (χ1n) is 7.24. The summed E-state index contributed by atoms with van der Waals surface area (Å²) in [7, 11) is 1.32. The molecule has 0 aromatic rings. The third-order valence-corrected chi connectivity index (χ3v) is 3.93. The molecule has 4 nitrogen and oxygen atoms in total. The largest absolute Gasteiger partial charge is 0.466 e. The number of methoxy groups -OCH3 is 1. The summed E-state index contributed by atoms with van der Waals surface area (Å²) in [5.41, 5.74) is 0.908. The average molecular weight is 287 g/mol. The average Bonchev–Trinajstić information content (AvgIpc) is 2.71. The van der Waals surface area contributed by atoms with Crippen LogP contribution in [0.15, 0.2) is 47.9 Å². The molecule has 0 aromatic heterocycles. The summed E-state index contributed by atoms with van der Waals surface area (Å²) in [6, 6.07) is 0. The van der Waals surface area contributed by atoms with Crippen LogP contribution < -0.4 is 0 Å². The number of ketones is 1. The Bertz CT molecular complexity index is 569. The van der Waals surface area contributed by atoms with Crippen molar-refractivity contribution in [3.8, 4) is 0 Å². The number of fused-ring (bicyclic) bond motifs is 1. The normalized spacial score (nSPS) is 24.1. The predicted octanol–water partition coefficient (Wildman–Crippen LogP) is 2.89. The molecule has 0 bridgehead atoms. The van der Waals surface area contributed by atoms with Gasteiger partial charge in [0, 0.05) is 23.5 Å². The number of esters is 1. The molecule has 21 heavy (non-hydrogen) atoms. The van der Waals surface area contributed by atoms with E-state index < -0.39 is 11.5 Å². The van der Waals surface area contributed by atoms with Gasteiger partial charge in [-0.3, -0.25) is 4.79 Å². The SMILES string of the molecule is CCCCC1=C(/C=C/C(=O)OC)C(=O)C2(C)C=CC=CN12. The van der Waals surface area contributed by atoms with Gasteiger partial charge in [0.15, 0.2) is 5.78 Å². The van der Waals surface area contributed by atoms with Crippen LogP contribution in [0.2, 0.25) is 0 Å². The van der Waals surface area contributed by atoms with E-state index in [9.17, 15) is 9.59 Å². The lowest BCUT2D eigenvalue weighted by Crippen LogP contribution is -2.43. The van der Waals surface area contributed by atoms with E-state index in [0.717, 1.165) is 25.0 Å². The number of ether oxygens (including phenoxy) is 1. The second-order valence-corrected chi connectivity index (χ2v) is 5.37. The Hall–Kier alpha value is -2.10. The molecule has 2 rings (SSSR count). The Morgan fingerprint density at radius 1 is 1.43 bits per heavy atom. The van der Waals surface area contributed by atoms with E-state index in [1.165, 1.54) is 13.2 Å². The summed E-state index contributed by atoms with van der Waals surface area (Å²) in [6.07, 6.45) is 13.4. The number of unbranched alkanes of at least 4 members (excludes halogenated alkanes) is 1. The van der Waals surface area contributed by atoms with Crippen LogP contribution >= 0.6 is 0 Å². The van der Waals surface area contributed by atoms with Crippen molar-refractivity contribution >= 4 is 11.8 Å². The topological polar surface area (TPSA) is 46.6 Å². The first-order chi connectivity index (χ1) is 10.0. The molecule has 0 radical (unpaired) electrons. The minimum atomic E-state index is -0.673. The maximum absolute atomic E-state index is 12.7. The minimum Gasteiger partial charge on any atom is -0.466 e. The quantitative estimate of drug-likeness (QED) is 0.576. The van der Waals surface area contributed by atoms with Crippen LogP contribution in [-0.4, -0.2) is 29.3 Å². The Morgan fingerprint density at radius 3 is 2.86 bits per heavy atom. The van der Waals surface area contributed by atoms with E-state index in [2.05, 4.69) is 11.7 Å². The Kier molecular flexibility index (Phi) is 4.46. The third-order valence-electron chi connectivity index (χ3n) is 3.93. The van der Waals surface area contributed by atoms with E-state index >= 15 is 0 Å². The molecule has 2 aliphatic rings. The molecular formula is C17H21NO3. The third kappa shape index (κ3) is 2.71. The fourth-order valence-corrected chi connectivity index (χ4v) is 2.69. The van der Waals surface area contributed by atoms with Gasteiger partial charge in [0.1, 0.15) is 5.54 Å². The maximum atomic E-state index is 12.7. The van der Waals surface area contributed by atoms with Crippen molar-refractivity contribution in [2.75, 3.05) is 7.11 Å². The highest BCUT2D eigenvalue weighted by molar-refractivity contribution is 6.10. The zero-order valence-electron chi connectivity index (χ0n) is 12.8. The highest BCUT2D eigenvalue weighted by Gasteiger charge is 2.46. The molecule has 0 saturated heterocycles. The summed E-state index contributed by atoms with van der Waals surface area (Å²) < 4.78 is 4.60. The van der Waals surface area contributed by atoms with E-state index in [1.54, 1.807) is 6.08 Å². The molecule has 1 atom stereocenters. The Labute approximate surface area is 125 Å². The van der Waals surface area contributed by atoms with E-state index in [0.29, 0.717) is 5.57 Å². The van der Waals surface area contributed by atoms with Gasteiger partial charge in [-0.2, -0.15) is 0 Å². The van der Waals surface area contributed by atoms with Gasteiger partial charge in [-0.05, 0) is 31.9 Å². The number of rotatable bonds is 5. The summed E-state index contributed by atoms with van der Waals surface area (Å²) in [5, 5.41) is 0. The van der Waals surface area contributed by atoms with Gasteiger partial charge < -0.3 is 9.64 Å². The molecule has 2 heterocycles. The molecule has 0 amide bonds. The number of nitrogens with zero attached hydrogens (tertiary/aromatic N) is 1. The Morgan fingerprint density at radius 2 is 2.19 bits per heavy atom. The fraction of sp³-hybridized carbons (Fsp3) is 0.412. The van der Waals surface area contributed by atoms with Gasteiger partial charge in [-0.15, -0.1) is 0 Å². The number of hydrogen-bond donors (Lipinski definition) is 0. The number of hydrogen-bond acceptors (Lipinski definition) is 4. The van der Waals surface area contributed by atoms with Gasteiger partial charge in [0.25, 0.3) is 0 Å². The van der Waals surface area contributed by atoms with Crippen LogP contribution in [0.1, 0.15) is 33.1 Å². The zero-order valence-corrected chi connectivity index (χ0v) is 12.8. The first kappa shape index (κ1) is 15.3. The van der Waals surface area contributed by atoms with E-state index in [-0.39, 0.29) is 5.78 Å². The summed E-state index contributed by atoms with van der Waals surface area (Å²) in [6.45, 7) is 4.02. The second-order valence-electron chi connectivity index (χ2n) is 5.37. The highest BCUT2D eigenvalue weighted by atomic mass is 16.5. The molecule has 0 aromatic carbocycles. The molecule has 0 saturated carbocycles. The number of carbonyl (C=O) groups is 2. The van der Waals surface area contributed by atoms with Crippen molar-refractivity contribution in [2.45, 2.75) is 38.6 Å². The first-order valence-corrected chi connectivity index (χ1v) is 7.24. The van der Waals surface area contributed by atoms with Crippen molar-refractivity contribution < 1.29 is 14.3 Å². The van der Waals surface area contributed by atoms with Crippen LogP contribution in [0.25, 0.3) is 0 Å². The second kappa shape index (κ2) is 6.12. The van der Waals surface area contributed by atoms with Crippen LogP contribution in [0, 0.1) is 0 Å². The predicted molar refractivity (Wildman–Crippen MR) is 81.2 cm³/mol. The standard InChI is InChI=1S/C17H21NO3/c1-4-5-8-14-13(9-10-15(19)21-3)16(20)17(2)11-6-7-12-18(14)17/h6-7,9-12H,4-5,8H2,1-3H3/b10-9+. The number of carbonyl (C=O) groups excluding carboxylic acids is 2. The molecule has 112 valence electrons. The van der Waals surface area contributed by atoms with Gasteiger partial charge in [0.05, 0.1) is 7.11 Å². The number of Topliss-reactive ketones (excluding diaryl/α,β-unsaturated/α-hetero) is 1. The van der Waals surface area contributed by atoms with Crippen molar-refractivity contribution in [1.82, 2.24) is 4.90 Å². The smallest absolute Gasteiger partial charge is 0.330 e. The fourth-order valence-electron chi connectivity index (χ4n) is 2.69. The van der Waals surface area contributed by atoms with Crippen LogP contribution in [-0.2, 0) is 14.3 Å². The number of allylic oxidation sites excluding steroid dienone is 4. The molecule has 2 aliphatic heterocycles. The monoisotopic (exact) mass is 287 g/mol. The van der Waals surface area contributed by atoms with Crippen LogP contribution in [0.4, 0.5) is 0 Å². The molecule has 0 fully saturated rings. The van der Waals surface area contributed by atoms with E-state index in [4.69, 9.17) is 0 Å². The van der Waals surface area contributed by atoms with Gasteiger partial charge >= 0.3 is 5.97 Å². The summed E-state index contributed by atoms with van der Waals surface area (Å²) in [5.74, 6) is -0.430. The van der Waals surface area contributed by atoms with Crippen molar-refractivity contribution in [2.24, 2.45) is 0 Å². The maximum Gasteiger partial charge on any atom is 0.330 e. The molecule has 1 unspecified atom stereocenters. The summed E-state index contributed by atoms with van der Waals surface area (Å²) in [4.78, 5) is 26.1. The molecule has 0 N–H and O–H groups in total. The van der Waals surface area contributed by atoms with Crippen molar-refractivity contribution in [3.05, 3.63) is 47.9 Å². The van der Waals surface area contributed by atoms with Crippen LogP contribution in [0.3, 0.4) is 0 Å². The Balaban J connectivity index is 2.40. The molecule has 0 aliphatic carbocycles. The lowest BCUT2D eigenvalue weighted by molar-refractivity contribution is -0.134. The van der Waals surface area contributed by atoms with Crippen molar-refractivity contribution in [3.63, 3.8) is 0 Å².